The van der Waals surface area contributed by atoms with Gasteiger partial charge < -0.3 is 19.7 Å². The van der Waals surface area contributed by atoms with Gasteiger partial charge in [0.1, 0.15) is 12.4 Å². The fourth-order valence-corrected chi connectivity index (χ4v) is 3.33. The van der Waals surface area contributed by atoms with E-state index in [0.717, 1.165) is 29.7 Å². The van der Waals surface area contributed by atoms with Crippen LogP contribution in [0, 0.1) is 0 Å². The van der Waals surface area contributed by atoms with Crippen LogP contribution in [0.3, 0.4) is 0 Å². The first-order valence-corrected chi connectivity index (χ1v) is 9.19. The molecule has 2 aromatic carbocycles. The molecule has 0 unspecified atom stereocenters. The Labute approximate surface area is 158 Å². The lowest BCUT2D eigenvalue weighted by molar-refractivity contribution is 0.0409. The van der Waals surface area contributed by atoms with Crippen molar-refractivity contribution < 1.29 is 14.0 Å². The van der Waals surface area contributed by atoms with Gasteiger partial charge in [0.25, 0.3) is 0 Å². The number of para-hydroxylation sites is 1. The number of hydrogen-bond acceptors (Lipinski definition) is 6. The summed E-state index contributed by atoms with van der Waals surface area (Å²) in [4.78, 5) is 4.67. The van der Waals surface area contributed by atoms with Crippen LogP contribution in [0.1, 0.15) is 24.3 Å². The summed E-state index contributed by atoms with van der Waals surface area (Å²) in [5.74, 6) is 1.83. The lowest BCUT2D eigenvalue weighted by Crippen LogP contribution is -2.40. The van der Waals surface area contributed by atoms with Crippen molar-refractivity contribution >= 4 is 0 Å². The smallest absolute Gasteiger partial charge is 0.234 e. The molecular formula is C21H23N3O3. The van der Waals surface area contributed by atoms with E-state index in [1.54, 1.807) is 0 Å². The summed E-state index contributed by atoms with van der Waals surface area (Å²) in [6, 6.07) is 17.8. The molecule has 140 valence electrons. The number of nitrogens with zero attached hydrogens (tertiary/aromatic N) is 2. The van der Waals surface area contributed by atoms with Gasteiger partial charge in [0.05, 0.1) is 11.0 Å². The van der Waals surface area contributed by atoms with Crippen molar-refractivity contribution in [3.63, 3.8) is 0 Å². The molecule has 2 N–H and O–H groups in total. The summed E-state index contributed by atoms with van der Waals surface area (Å²) in [7, 11) is 0. The van der Waals surface area contributed by atoms with Crippen LogP contribution in [-0.4, -0.2) is 29.9 Å². The Morgan fingerprint density at radius 2 is 1.74 bits per heavy atom. The fraction of sp³-hybridized carbons (Fsp3) is 0.333. The lowest BCUT2D eigenvalue weighted by Gasteiger charge is -2.32. The zero-order valence-corrected chi connectivity index (χ0v) is 15.1. The highest BCUT2D eigenvalue weighted by Crippen LogP contribution is 2.35. The predicted octanol–water partition coefficient (Wildman–Crippen LogP) is 3.32. The van der Waals surface area contributed by atoms with Crippen LogP contribution in [0.4, 0.5) is 0 Å². The first-order chi connectivity index (χ1) is 13.3. The van der Waals surface area contributed by atoms with Crippen molar-refractivity contribution in [1.29, 1.82) is 0 Å². The van der Waals surface area contributed by atoms with Gasteiger partial charge in [0.15, 0.2) is 0 Å². The third kappa shape index (κ3) is 3.72. The number of nitrogens with two attached hydrogens (primary N) is 1. The standard InChI is InChI=1S/C21H23N3O3/c22-15-21(10-12-25-13-11-21)20-23-19(24-27-20)17-8-4-5-9-18(17)26-14-16-6-2-1-3-7-16/h1-9H,10-15,22H2. The third-order valence-corrected chi connectivity index (χ3v) is 5.09. The molecule has 0 spiro atoms. The number of aromatic nitrogens is 2. The van der Waals surface area contributed by atoms with E-state index in [-0.39, 0.29) is 5.41 Å². The van der Waals surface area contributed by atoms with E-state index in [4.69, 9.17) is 19.7 Å². The Hall–Kier alpha value is -2.70. The summed E-state index contributed by atoms with van der Waals surface area (Å²) in [6.45, 7) is 2.26. The largest absolute Gasteiger partial charge is 0.488 e. The van der Waals surface area contributed by atoms with Crippen molar-refractivity contribution in [3.8, 4) is 17.1 Å². The molecule has 0 saturated carbocycles. The van der Waals surface area contributed by atoms with E-state index in [9.17, 15) is 0 Å². The maximum atomic E-state index is 6.05. The summed E-state index contributed by atoms with van der Waals surface area (Å²) >= 11 is 0. The van der Waals surface area contributed by atoms with Gasteiger partial charge in [-0.15, -0.1) is 0 Å². The van der Waals surface area contributed by atoms with E-state index in [0.29, 0.717) is 38.1 Å². The van der Waals surface area contributed by atoms with Crippen molar-refractivity contribution in [3.05, 3.63) is 66.1 Å². The Morgan fingerprint density at radius 1 is 1.00 bits per heavy atom. The normalized spacial score (nSPS) is 16.2. The topological polar surface area (TPSA) is 83.4 Å². The predicted molar refractivity (Wildman–Crippen MR) is 101 cm³/mol. The van der Waals surface area contributed by atoms with Crippen molar-refractivity contribution in [2.75, 3.05) is 19.8 Å². The third-order valence-electron chi connectivity index (χ3n) is 5.09. The average Bonchev–Trinajstić information content (AvgIpc) is 3.24. The highest BCUT2D eigenvalue weighted by molar-refractivity contribution is 5.63. The summed E-state index contributed by atoms with van der Waals surface area (Å²) < 4.78 is 17.1. The number of hydrogen-bond donors (Lipinski definition) is 1. The van der Waals surface area contributed by atoms with Crippen molar-refractivity contribution in [2.45, 2.75) is 24.9 Å². The average molecular weight is 365 g/mol. The zero-order chi connectivity index (χ0) is 18.5. The SMILES string of the molecule is NCC1(c2nc(-c3ccccc3OCc3ccccc3)no2)CCOCC1. The Morgan fingerprint density at radius 3 is 2.52 bits per heavy atom. The van der Waals surface area contributed by atoms with Gasteiger partial charge in [0.2, 0.25) is 11.7 Å². The van der Waals surface area contributed by atoms with Gasteiger partial charge in [-0.1, -0.05) is 47.6 Å². The minimum absolute atomic E-state index is 0.302. The quantitative estimate of drug-likeness (QED) is 0.721. The van der Waals surface area contributed by atoms with Gasteiger partial charge in [-0.25, -0.2) is 0 Å². The van der Waals surface area contributed by atoms with Crippen molar-refractivity contribution in [2.24, 2.45) is 5.73 Å². The molecule has 0 amide bonds. The summed E-state index contributed by atoms with van der Waals surface area (Å²) in [5, 5.41) is 4.21. The van der Waals surface area contributed by atoms with E-state index < -0.39 is 0 Å². The van der Waals surface area contributed by atoms with Gasteiger partial charge >= 0.3 is 0 Å². The number of rotatable bonds is 6. The molecule has 0 aliphatic carbocycles. The van der Waals surface area contributed by atoms with Crippen LogP contribution in [-0.2, 0) is 16.8 Å². The second kappa shape index (κ2) is 7.90. The Bertz CT molecular complexity index is 873. The monoisotopic (exact) mass is 365 g/mol. The van der Waals surface area contributed by atoms with E-state index in [1.807, 2.05) is 54.6 Å². The fourth-order valence-electron chi connectivity index (χ4n) is 3.33. The maximum Gasteiger partial charge on any atom is 0.234 e. The molecule has 1 saturated heterocycles. The first kappa shape index (κ1) is 17.7. The van der Waals surface area contributed by atoms with Crippen LogP contribution >= 0.6 is 0 Å². The van der Waals surface area contributed by atoms with Gasteiger partial charge in [0, 0.05) is 19.8 Å². The lowest BCUT2D eigenvalue weighted by atomic mass is 9.80. The molecule has 0 bridgehead atoms. The van der Waals surface area contributed by atoms with Crippen LogP contribution in [0.2, 0.25) is 0 Å². The van der Waals surface area contributed by atoms with Crippen LogP contribution in [0.15, 0.2) is 59.1 Å². The van der Waals surface area contributed by atoms with Gasteiger partial charge in [-0.3, -0.25) is 0 Å². The molecular weight excluding hydrogens is 342 g/mol. The second-order valence-corrected chi connectivity index (χ2v) is 6.79. The molecule has 1 fully saturated rings. The zero-order valence-electron chi connectivity index (χ0n) is 15.1. The van der Waals surface area contributed by atoms with Gasteiger partial charge in [-0.05, 0) is 30.5 Å². The minimum atomic E-state index is -0.302. The summed E-state index contributed by atoms with van der Waals surface area (Å²) in [5.41, 5.74) is 7.66. The summed E-state index contributed by atoms with van der Waals surface area (Å²) in [6.07, 6.45) is 1.58. The first-order valence-electron chi connectivity index (χ1n) is 9.19. The minimum Gasteiger partial charge on any atom is -0.488 e. The van der Waals surface area contributed by atoms with E-state index >= 15 is 0 Å². The van der Waals surface area contributed by atoms with Crippen LogP contribution < -0.4 is 10.5 Å². The molecule has 27 heavy (non-hydrogen) atoms. The molecule has 6 nitrogen and oxygen atoms in total. The maximum absolute atomic E-state index is 6.05. The number of ether oxygens (including phenoxy) is 2. The highest BCUT2D eigenvalue weighted by Gasteiger charge is 2.38. The second-order valence-electron chi connectivity index (χ2n) is 6.79. The molecule has 2 heterocycles. The van der Waals surface area contributed by atoms with E-state index in [2.05, 4.69) is 10.1 Å². The molecule has 1 aromatic heterocycles. The highest BCUT2D eigenvalue weighted by atomic mass is 16.5. The molecule has 0 radical (unpaired) electrons. The van der Waals surface area contributed by atoms with E-state index in [1.165, 1.54) is 0 Å². The Kier molecular flexibility index (Phi) is 5.18. The molecule has 4 rings (SSSR count). The molecule has 1 aliphatic rings. The molecule has 3 aromatic rings. The van der Waals surface area contributed by atoms with Crippen molar-refractivity contribution in [1.82, 2.24) is 10.1 Å². The Balaban J connectivity index is 1.58. The molecule has 1 aliphatic heterocycles. The van der Waals surface area contributed by atoms with Crippen LogP contribution in [0.25, 0.3) is 11.4 Å². The van der Waals surface area contributed by atoms with Crippen LogP contribution in [0.5, 0.6) is 5.75 Å². The molecule has 6 heteroatoms. The molecule has 0 atom stereocenters. The van der Waals surface area contributed by atoms with Gasteiger partial charge in [-0.2, -0.15) is 4.98 Å². The number of benzene rings is 2.